The number of thioether (sulfide) groups is 1. The topological polar surface area (TPSA) is 49.7 Å². The number of carbonyl (C=O) groups is 1. The van der Waals surface area contributed by atoms with Crippen LogP contribution in [0, 0.1) is 0 Å². The number of ketones is 1. The van der Waals surface area contributed by atoms with Gasteiger partial charge in [0.1, 0.15) is 10.8 Å². The standard InChI is InChI=1S/C14H16ClNO2S/c1-9(17)13(10(2)18)14(16-3)19-8-11-4-6-12(15)7-5-11/h4-7,17H,8H2,1-3H3/b13-9-,16-14?. The normalized spacial score (nSPS) is 13.2. The van der Waals surface area contributed by atoms with Crippen LogP contribution in [0.15, 0.2) is 40.6 Å². The van der Waals surface area contributed by atoms with E-state index in [0.717, 1.165) is 5.56 Å². The molecule has 3 nitrogen and oxygen atoms in total. The lowest BCUT2D eigenvalue weighted by Crippen LogP contribution is -2.10. The second kappa shape index (κ2) is 7.36. The molecule has 5 heteroatoms. The van der Waals surface area contributed by atoms with E-state index < -0.39 is 0 Å². The SMILES string of the molecule is CN=C(SCc1ccc(Cl)cc1)/C(C(C)=O)=C(/C)O. The predicted octanol–water partition coefficient (Wildman–Crippen LogP) is 4.02. The van der Waals surface area contributed by atoms with Crippen molar-refractivity contribution in [2.75, 3.05) is 7.05 Å². The summed E-state index contributed by atoms with van der Waals surface area (Å²) in [6, 6.07) is 7.48. The van der Waals surface area contributed by atoms with E-state index in [1.807, 2.05) is 24.3 Å². The van der Waals surface area contributed by atoms with E-state index >= 15 is 0 Å². The molecule has 0 amide bonds. The number of aliphatic hydroxyl groups excluding tert-OH is 1. The quantitative estimate of drug-likeness (QED) is 0.395. The number of aliphatic hydroxyl groups is 1. The van der Waals surface area contributed by atoms with E-state index in [1.165, 1.54) is 25.6 Å². The number of hydrogen-bond acceptors (Lipinski definition) is 4. The van der Waals surface area contributed by atoms with Crippen LogP contribution >= 0.6 is 23.4 Å². The number of rotatable bonds is 4. The largest absolute Gasteiger partial charge is 0.512 e. The molecule has 0 heterocycles. The zero-order valence-corrected chi connectivity index (χ0v) is 12.7. The second-order valence-corrected chi connectivity index (χ2v) is 5.36. The van der Waals surface area contributed by atoms with Gasteiger partial charge in [-0.25, -0.2) is 0 Å². The molecule has 19 heavy (non-hydrogen) atoms. The number of aliphatic imine (C=N–C) groups is 1. The molecule has 0 unspecified atom stereocenters. The minimum atomic E-state index is -0.191. The van der Waals surface area contributed by atoms with Gasteiger partial charge in [0.05, 0.1) is 5.57 Å². The molecule has 102 valence electrons. The van der Waals surface area contributed by atoms with Crippen LogP contribution in [0.3, 0.4) is 0 Å². The Kier molecular flexibility index (Phi) is 6.12. The molecule has 0 spiro atoms. The van der Waals surface area contributed by atoms with Crippen molar-refractivity contribution < 1.29 is 9.90 Å². The lowest BCUT2D eigenvalue weighted by Gasteiger charge is -2.08. The van der Waals surface area contributed by atoms with Crippen LogP contribution in [0.5, 0.6) is 0 Å². The van der Waals surface area contributed by atoms with Crippen LogP contribution < -0.4 is 0 Å². The molecule has 0 aliphatic carbocycles. The fraction of sp³-hybridized carbons (Fsp3) is 0.286. The van der Waals surface area contributed by atoms with Gasteiger partial charge >= 0.3 is 0 Å². The monoisotopic (exact) mass is 297 g/mol. The first-order chi connectivity index (χ1) is 8.95. The van der Waals surface area contributed by atoms with Crippen LogP contribution in [0.25, 0.3) is 0 Å². The van der Waals surface area contributed by atoms with Gasteiger partial charge in [-0.15, -0.1) is 11.8 Å². The van der Waals surface area contributed by atoms with Crippen LogP contribution in [0.2, 0.25) is 5.02 Å². The zero-order chi connectivity index (χ0) is 14.4. The lowest BCUT2D eigenvalue weighted by atomic mass is 10.2. The van der Waals surface area contributed by atoms with Crippen molar-refractivity contribution in [3.8, 4) is 0 Å². The maximum atomic E-state index is 11.5. The molecular formula is C14H16ClNO2S. The number of hydrogen-bond donors (Lipinski definition) is 1. The highest BCUT2D eigenvalue weighted by Gasteiger charge is 2.15. The highest BCUT2D eigenvalue weighted by Crippen LogP contribution is 2.21. The Morgan fingerprint density at radius 3 is 2.32 bits per heavy atom. The molecule has 1 N–H and O–H groups in total. The van der Waals surface area contributed by atoms with Crippen molar-refractivity contribution in [3.05, 3.63) is 46.2 Å². The average Bonchev–Trinajstić information content (AvgIpc) is 2.35. The second-order valence-electron chi connectivity index (χ2n) is 3.96. The van der Waals surface area contributed by atoms with E-state index in [9.17, 15) is 9.90 Å². The third-order valence-corrected chi connectivity index (χ3v) is 3.81. The van der Waals surface area contributed by atoms with E-state index in [0.29, 0.717) is 15.8 Å². The van der Waals surface area contributed by atoms with Crippen molar-refractivity contribution in [2.45, 2.75) is 19.6 Å². The third-order valence-electron chi connectivity index (χ3n) is 2.42. The summed E-state index contributed by atoms with van der Waals surface area (Å²) in [7, 11) is 1.61. The summed E-state index contributed by atoms with van der Waals surface area (Å²) in [5.74, 6) is 0.467. The molecule has 0 radical (unpaired) electrons. The average molecular weight is 298 g/mol. The Labute approximate surface area is 122 Å². The van der Waals surface area contributed by atoms with Crippen LogP contribution in [-0.2, 0) is 10.5 Å². The van der Waals surface area contributed by atoms with Crippen LogP contribution in [-0.4, -0.2) is 23.0 Å². The number of Topliss-reactive ketones (excluding diaryl/α,β-unsaturated/α-hetero) is 1. The van der Waals surface area contributed by atoms with Crippen molar-refractivity contribution in [1.82, 2.24) is 0 Å². The van der Waals surface area contributed by atoms with E-state index in [-0.39, 0.29) is 17.1 Å². The van der Waals surface area contributed by atoms with Gasteiger partial charge in [-0.3, -0.25) is 9.79 Å². The summed E-state index contributed by atoms with van der Waals surface area (Å²) in [6.45, 7) is 2.91. The molecule has 0 aromatic heterocycles. The Bertz CT molecular complexity index is 517. The van der Waals surface area contributed by atoms with E-state index in [2.05, 4.69) is 4.99 Å². The summed E-state index contributed by atoms with van der Waals surface area (Å²) in [5, 5.41) is 10.8. The highest BCUT2D eigenvalue weighted by atomic mass is 35.5. The molecule has 0 saturated heterocycles. The molecule has 0 aliphatic heterocycles. The predicted molar refractivity (Wildman–Crippen MR) is 82.1 cm³/mol. The van der Waals surface area contributed by atoms with Gasteiger partial charge in [-0.2, -0.15) is 0 Å². The number of benzene rings is 1. The summed E-state index contributed by atoms with van der Waals surface area (Å²) >= 11 is 7.23. The molecule has 0 bridgehead atoms. The van der Waals surface area contributed by atoms with Crippen molar-refractivity contribution in [1.29, 1.82) is 0 Å². The van der Waals surface area contributed by atoms with Gasteiger partial charge < -0.3 is 5.11 Å². The third kappa shape index (κ3) is 4.73. The molecule has 1 rings (SSSR count). The van der Waals surface area contributed by atoms with Crippen LogP contribution in [0.4, 0.5) is 0 Å². The first-order valence-electron chi connectivity index (χ1n) is 5.71. The molecule has 1 aromatic rings. The van der Waals surface area contributed by atoms with Crippen molar-refractivity contribution in [2.24, 2.45) is 4.99 Å². The lowest BCUT2D eigenvalue weighted by molar-refractivity contribution is -0.113. The first-order valence-corrected chi connectivity index (χ1v) is 7.07. The van der Waals surface area contributed by atoms with E-state index in [1.54, 1.807) is 7.05 Å². The minimum absolute atomic E-state index is 0.00305. The summed E-state index contributed by atoms with van der Waals surface area (Å²) in [6.07, 6.45) is 0. The van der Waals surface area contributed by atoms with Gasteiger partial charge in [-0.05, 0) is 31.5 Å². The van der Waals surface area contributed by atoms with Gasteiger partial charge in [0, 0.05) is 17.8 Å². The van der Waals surface area contributed by atoms with E-state index in [4.69, 9.17) is 11.6 Å². The van der Waals surface area contributed by atoms with Gasteiger partial charge in [-0.1, -0.05) is 23.7 Å². The Hall–Kier alpha value is -1.26. The molecular weight excluding hydrogens is 282 g/mol. The zero-order valence-electron chi connectivity index (χ0n) is 11.1. The summed E-state index contributed by atoms with van der Waals surface area (Å²) in [4.78, 5) is 15.6. The summed E-state index contributed by atoms with van der Waals surface area (Å²) in [5.41, 5.74) is 1.36. The highest BCUT2D eigenvalue weighted by molar-refractivity contribution is 8.13. The smallest absolute Gasteiger partial charge is 0.165 e. The van der Waals surface area contributed by atoms with Crippen molar-refractivity contribution in [3.63, 3.8) is 0 Å². The van der Waals surface area contributed by atoms with Gasteiger partial charge in [0.15, 0.2) is 5.78 Å². The molecule has 0 aliphatic rings. The fourth-order valence-corrected chi connectivity index (χ4v) is 2.73. The Morgan fingerprint density at radius 2 is 1.89 bits per heavy atom. The van der Waals surface area contributed by atoms with Gasteiger partial charge in [0.2, 0.25) is 0 Å². The molecule has 1 aromatic carbocycles. The number of allylic oxidation sites excluding steroid dienone is 1. The molecule has 0 fully saturated rings. The Balaban J connectivity index is 2.82. The maximum Gasteiger partial charge on any atom is 0.165 e. The molecule has 0 atom stereocenters. The number of halogens is 1. The maximum absolute atomic E-state index is 11.5. The minimum Gasteiger partial charge on any atom is -0.512 e. The molecule has 0 saturated carbocycles. The Morgan fingerprint density at radius 1 is 1.32 bits per heavy atom. The fourth-order valence-electron chi connectivity index (χ4n) is 1.54. The van der Waals surface area contributed by atoms with Gasteiger partial charge in [0.25, 0.3) is 0 Å². The first kappa shape index (κ1) is 15.8. The number of carbonyl (C=O) groups excluding carboxylic acids is 1. The van der Waals surface area contributed by atoms with Crippen LogP contribution in [0.1, 0.15) is 19.4 Å². The van der Waals surface area contributed by atoms with Crippen molar-refractivity contribution >= 4 is 34.2 Å². The number of nitrogens with zero attached hydrogens (tertiary/aromatic N) is 1. The summed E-state index contributed by atoms with van der Waals surface area (Å²) < 4.78 is 0.